The molecule has 0 aliphatic carbocycles. The molecule has 6 nitrogen and oxygen atoms in total. The molecule has 29 heavy (non-hydrogen) atoms. The molecule has 0 radical (unpaired) electrons. The minimum atomic E-state index is -4.61. The van der Waals surface area contributed by atoms with E-state index in [1.807, 2.05) is 0 Å². The van der Waals surface area contributed by atoms with Crippen LogP contribution >= 0.6 is 11.6 Å². The van der Waals surface area contributed by atoms with E-state index in [0.29, 0.717) is 5.02 Å². The van der Waals surface area contributed by atoms with Crippen molar-refractivity contribution in [1.29, 1.82) is 0 Å². The molecule has 156 valence electrons. The number of alkyl halides is 3. The lowest BCUT2D eigenvalue weighted by Gasteiger charge is -2.15. The number of halogens is 4. The highest BCUT2D eigenvalue weighted by atomic mass is 35.5. The van der Waals surface area contributed by atoms with Gasteiger partial charge in [0.1, 0.15) is 12.4 Å². The van der Waals surface area contributed by atoms with Gasteiger partial charge in [-0.25, -0.2) is 4.79 Å². The Labute approximate surface area is 169 Å². The van der Waals surface area contributed by atoms with Gasteiger partial charge < -0.3 is 19.5 Å². The summed E-state index contributed by atoms with van der Waals surface area (Å²) in [6.07, 6.45) is -4.61. The highest BCUT2D eigenvalue weighted by molar-refractivity contribution is 6.30. The number of anilines is 1. The maximum absolute atomic E-state index is 13.0. The van der Waals surface area contributed by atoms with Gasteiger partial charge in [0, 0.05) is 12.1 Å². The number of amides is 1. The Kier molecular flexibility index (Phi) is 7.86. The van der Waals surface area contributed by atoms with Crippen LogP contribution < -0.4 is 10.1 Å². The lowest BCUT2D eigenvalue weighted by atomic mass is 10.1. The van der Waals surface area contributed by atoms with E-state index in [9.17, 15) is 22.8 Å². The van der Waals surface area contributed by atoms with Crippen LogP contribution in [0.25, 0.3) is 0 Å². The molecule has 0 fully saturated rings. The number of esters is 1. The second-order valence-corrected chi connectivity index (χ2v) is 6.12. The Bertz CT molecular complexity index is 873. The highest BCUT2D eigenvalue weighted by Crippen LogP contribution is 2.35. The largest absolute Gasteiger partial charge is 0.489 e. The van der Waals surface area contributed by atoms with E-state index in [1.165, 1.54) is 25.3 Å². The lowest BCUT2D eigenvalue weighted by molar-refractivity contribution is -0.137. The predicted molar refractivity (Wildman–Crippen MR) is 99.2 cm³/mol. The number of rotatable bonds is 8. The second-order valence-electron chi connectivity index (χ2n) is 5.68. The molecule has 10 heteroatoms. The molecule has 0 saturated carbocycles. The van der Waals surface area contributed by atoms with Gasteiger partial charge >= 0.3 is 12.1 Å². The normalized spacial score (nSPS) is 11.1. The van der Waals surface area contributed by atoms with Crippen molar-refractivity contribution in [2.24, 2.45) is 0 Å². The molecule has 0 saturated heterocycles. The van der Waals surface area contributed by atoms with Crippen molar-refractivity contribution in [1.82, 2.24) is 0 Å². The Balaban J connectivity index is 2.07. The summed E-state index contributed by atoms with van der Waals surface area (Å²) in [5, 5.41) is 2.57. The Morgan fingerprint density at radius 2 is 1.86 bits per heavy atom. The molecule has 0 aromatic heterocycles. The van der Waals surface area contributed by atoms with Crippen LogP contribution in [0.1, 0.15) is 15.9 Å². The van der Waals surface area contributed by atoms with Crippen molar-refractivity contribution in [3.8, 4) is 5.75 Å². The van der Waals surface area contributed by atoms with E-state index < -0.39 is 30.2 Å². The first-order valence-corrected chi connectivity index (χ1v) is 8.64. The summed E-state index contributed by atoms with van der Waals surface area (Å²) in [6, 6.07) is 8.55. The number of hydrogen-bond acceptors (Lipinski definition) is 5. The average Bonchev–Trinajstić information content (AvgIpc) is 2.66. The molecule has 2 aromatic rings. The molecular formula is C19H17ClF3NO5. The maximum atomic E-state index is 13.0. The number of nitrogens with one attached hydrogen (secondary N) is 1. The van der Waals surface area contributed by atoms with Gasteiger partial charge in [0.25, 0.3) is 5.91 Å². The Hall–Kier alpha value is -2.78. The third-order valence-electron chi connectivity index (χ3n) is 3.52. The summed E-state index contributed by atoms with van der Waals surface area (Å²) < 4.78 is 53.9. The number of carbonyl (C=O) groups excluding carboxylic acids is 2. The van der Waals surface area contributed by atoms with E-state index in [-0.39, 0.29) is 30.2 Å². The number of ether oxygens (including phenoxy) is 3. The monoisotopic (exact) mass is 431 g/mol. The zero-order valence-corrected chi connectivity index (χ0v) is 16.0. The Morgan fingerprint density at radius 3 is 2.52 bits per heavy atom. The van der Waals surface area contributed by atoms with Gasteiger partial charge in [-0.2, -0.15) is 13.2 Å². The summed E-state index contributed by atoms with van der Waals surface area (Å²) in [6.45, 7) is -0.445. The van der Waals surface area contributed by atoms with Crippen LogP contribution in [0.15, 0.2) is 42.5 Å². The van der Waals surface area contributed by atoms with Crippen LogP contribution in [0.4, 0.5) is 18.9 Å². The van der Waals surface area contributed by atoms with Crippen LogP contribution in [-0.4, -0.2) is 38.8 Å². The fourth-order valence-electron chi connectivity index (χ4n) is 2.18. The van der Waals surface area contributed by atoms with Gasteiger partial charge in [0.15, 0.2) is 6.61 Å². The van der Waals surface area contributed by atoms with E-state index in [4.69, 9.17) is 25.8 Å². The van der Waals surface area contributed by atoms with E-state index in [1.54, 1.807) is 6.07 Å². The first-order valence-electron chi connectivity index (χ1n) is 8.26. The summed E-state index contributed by atoms with van der Waals surface area (Å²) >= 11 is 5.78. The molecular weight excluding hydrogens is 415 g/mol. The molecule has 1 amide bonds. The van der Waals surface area contributed by atoms with Crippen molar-refractivity contribution in [3.05, 3.63) is 58.6 Å². The van der Waals surface area contributed by atoms with Crippen molar-refractivity contribution in [2.75, 3.05) is 32.2 Å². The molecule has 2 rings (SSSR count). The molecule has 2 aromatic carbocycles. The minimum Gasteiger partial charge on any atom is -0.489 e. The van der Waals surface area contributed by atoms with Crippen LogP contribution in [0.5, 0.6) is 5.75 Å². The van der Waals surface area contributed by atoms with E-state index in [2.05, 4.69) is 5.32 Å². The van der Waals surface area contributed by atoms with E-state index in [0.717, 1.165) is 18.2 Å². The van der Waals surface area contributed by atoms with Gasteiger partial charge in [-0.3, -0.25) is 4.79 Å². The zero-order chi connectivity index (χ0) is 21.4. The van der Waals surface area contributed by atoms with Crippen LogP contribution in [0.2, 0.25) is 5.02 Å². The summed E-state index contributed by atoms with van der Waals surface area (Å²) in [5.41, 5.74) is -1.05. The third-order valence-corrected chi connectivity index (χ3v) is 3.76. The molecule has 0 heterocycles. The molecule has 0 spiro atoms. The predicted octanol–water partition coefficient (Wildman–Crippen LogP) is 4.18. The molecule has 0 unspecified atom stereocenters. The molecule has 0 aliphatic rings. The number of benzene rings is 2. The SMILES string of the molecule is COCCOc1ccc(C(F)(F)F)cc1NC(=O)COC(=O)c1cccc(Cl)c1. The van der Waals surface area contributed by atoms with Crippen molar-refractivity contribution in [2.45, 2.75) is 6.18 Å². The van der Waals surface area contributed by atoms with Gasteiger partial charge in [-0.15, -0.1) is 0 Å². The van der Waals surface area contributed by atoms with Crippen molar-refractivity contribution in [3.63, 3.8) is 0 Å². The number of hydrogen-bond donors (Lipinski definition) is 1. The highest BCUT2D eigenvalue weighted by Gasteiger charge is 2.31. The van der Waals surface area contributed by atoms with Crippen molar-refractivity contribution < 1.29 is 37.0 Å². The quantitative estimate of drug-likeness (QED) is 0.501. The summed E-state index contributed by atoms with van der Waals surface area (Å²) in [5.74, 6) is -1.62. The zero-order valence-electron chi connectivity index (χ0n) is 15.2. The fraction of sp³-hybridized carbons (Fsp3) is 0.263. The topological polar surface area (TPSA) is 73.9 Å². The minimum absolute atomic E-state index is 0.0181. The van der Waals surface area contributed by atoms with Crippen LogP contribution in [0.3, 0.4) is 0 Å². The van der Waals surface area contributed by atoms with Crippen LogP contribution in [0, 0.1) is 0 Å². The van der Waals surface area contributed by atoms with E-state index >= 15 is 0 Å². The maximum Gasteiger partial charge on any atom is 0.416 e. The molecule has 0 bridgehead atoms. The smallest absolute Gasteiger partial charge is 0.416 e. The van der Waals surface area contributed by atoms with Gasteiger partial charge in [0.2, 0.25) is 0 Å². The van der Waals surface area contributed by atoms with Gasteiger partial charge in [-0.05, 0) is 36.4 Å². The molecule has 0 aliphatic heterocycles. The average molecular weight is 432 g/mol. The number of methoxy groups -OCH3 is 1. The third kappa shape index (κ3) is 6.95. The summed E-state index contributed by atoms with van der Waals surface area (Å²) in [4.78, 5) is 24.0. The standard InChI is InChI=1S/C19H17ClF3NO5/c1-27-7-8-28-16-6-5-13(19(21,22)23)10-15(16)24-17(25)11-29-18(26)12-3-2-4-14(20)9-12/h2-6,9-10H,7-8,11H2,1H3,(H,24,25). The van der Waals surface area contributed by atoms with Gasteiger partial charge in [0.05, 0.1) is 23.4 Å². The second kappa shape index (κ2) is 10.1. The summed E-state index contributed by atoms with van der Waals surface area (Å²) in [7, 11) is 1.44. The first kappa shape index (κ1) is 22.5. The first-order chi connectivity index (χ1) is 13.7. The Morgan fingerprint density at radius 1 is 1.10 bits per heavy atom. The lowest BCUT2D eigenvalue weighted by Crippen LogP contribution is -2.22. The fourth-order valence-corrected chi connectivity index (χ4v) is 2.37. The number of carbonyl (C=O) groups is 2. The van der Waals surface area contributed by atoms with Crippen LogP contribution in [-0.2, 0) is 20.4 Å². The van der Waals surface area contributed by atoms with Gasteiger partial charge in [-0.1, -0.05) is 17.7 Å². The van der Waals surface area contributed by atoms with Crippen molar-refractivity contribution >= 4 is 29.2 Å². The molecule has 1 N–H and O–H groups in total. The molecule has 0 atom stereocenters.